The first-order valence-electron chi connectivity index (χ1n) is 5.65. The molecule has 0 atom stereocenters. The topological polar surface area (TPSA) is 66.4 Å². The highest BCUT2D eigenvalue weighted by Crippen LogP contribution is 2.25. The van der Waals surface area contributed by atoms with Gasteiger partial charge in [-0.2, -0.15) is 0 Å². The lowest BCUT2D eigenvalue weighted by Gasteiger charge is -2.09. The zero-order valence-electron chi connectivity index (χ0n) is 10.4. The van der Waals surface area contributed by atoms with E-state index in [0.717, 1.165) is 21.5 Å². The summed E-state index contributed by atoms with van der Waals surface area (Å²) in [6.07, 6.45) is 0. The van der Waals surface area contributed by atoms with Crippen LogP contribution in [0.25, 0.3) is 0 Å². The van der Waals surface area contributed by atoms with Crippen molar-refractivity contribution in [3.8, 4) is 0 Å². The van der Waals surface area contributed by atoms with Gasteiger partial charge >= 0.3 is 0 Å². The Bertz CT molecular complexity index is 764. The number of nitrogens with one attached hydrogen (secondary N) is 1. The molecule has 0 aliphatic heterocycles. The largest absolute Gasteiger partial charge is 0.392 e. The van der Waals surface area contributed by atoms with E-state index in [0.29, 0.717) is 0 Å². The average molecular weight is 415 g/mol. The summed E-state index contributed by atoms with van der Waals surface area (Å²) in [5, 5.41) is 10.6. The number of sulfonamides is 1. The highest BCUT2D eigenvalue weighted by molar-refractivity contribution is 9.10. The maximum Gasteiger partial charge on any atom is 0.241 e. The van der Waals surface area contributed by atoms with Crippen molar-refractivity contribution >= 4 is 48.9 Å². The predicted octanol–water partition coefficient (Wildman–Crippen LogP) is 3.27. The van der Waals surface area contributed by atoms with Crippen LogP contribution in [0.4, 0.5) is 4.39 Å². The van der Waals surface area contributed by atoms with E-state index in [9.17, 15) is 12.8 Å². The third-order valence-corrected chi connectivity index (χ3v) is 6.12. The molecule has 0 saturated carbocycles. The minimum Gasteiger partial charge on any atom is -0.392 e. The SMILES string of the molecule is O=S(=O)(NCc1cc(Br)cs1)c1cc(F)c(Cl)c(CO)c1. The monoisotopic (exact) mass is 413 g/mol. The number of hydrogen-bond acceptors (Lipinski definition) is 4. The molecule has 0 amide bonds. The summed E-state index contributed by atoms with van der Waals surface area (Å²) in [6, 6.07) is 3.76. The highest BCUT2D eigenvalue weighted by atomic mass is 79.9. The van der Waals surface area contributed by atoms with Crippen molar-refractivity contribution in [2.75, 3.05) is 0 Å². The van der Waals surface area contributed by atoms with Crippen LogP contribution < -0.4 is 4.72 Å². The molecule has 0 radical (unpaired) electrons. The van der Waals surface area contributed by atoms with E-state index < -0.39 is 22.4 Å². The average Bonchev–Trinajstić information content (AvgIpc) is 2.85. The van der Waals surface area contributed by atoms with Gasteiger partial charge in [-0.25, -0.2) is 17.5 Å². The smallest absolute Gasteiger partial charge is 0.241 e. The standard InChI is InChI=1S/C12H10BrClFNO3S2/c13-8-2-9(20-6-8)4-16-21(18,19)10-1-7(5-17)12(14)11(15)3-10/h1-3,6,16-17H,4-5H2. The van der Waals surface area contributed by atoms with Crippen LogP contribution in [0.3, 0.4) is 0 Å². The highest BCUT2D eigenvalue weighted by Gasteiger charge is 2.18. The van der Waals surface area contributed by atoms with E-state index in [1.807, 2.05) is 5.38 Å². The van der Waals surface area contributed by atoms with E-state index in [2.05, 4.69) is 20.7 Å². The van der Waals surface area contributed by atoms with Crippen LogP contribution in [0.5, 0.6) is 0 Å². The van der Waals surface area contributed by atoms with Gasteiger partial charge in [-0.1, -0.05) is 11.6 Å². The molecule has 4 nitrogen and oxygen atoms in total. The third kappa shape index (κ3) is 4.02. The first-order chi connectivity index (χ1) is 9.83. The van der Waals surface area contributed by atoms with Crippen LogP contribution in [0.15, 0.2) is 32.9 Å². The molecule has 1 aromatic carbocycles. The fourth-order valence-electron chi connectivity index (χ4n) is 1.58. The normalized spacial score (nSPS) is 11.8. The van der Waals surface area contributed by atoms with Crippen LogP contribution in [0, 0.1) is 5.82 Å². The predicted molar refractivity (Wildman–Crippen MR) is 83.4 cm³/mol. The van der Waals surface area contributed by atoms with E-state index in [4.69, 9.17) is 16.7 Å². The molecule has 0 spiro atoms. The number of aliphatic hydroxyl groups excluding tert-OH is 1. The van der Waals surface area contributed by atoms with Crippen molar-refractivity contribution in [1.29, 1.82) is 0 Å². The Hall–Kier alpha value is -0.510. The molecule has 2 rings (SSSR count). The van der Waals surface area contributed by atoms with Crippen LogP contribution >= 0.6 is 38.9 Å². The molecule has 0 aliphatic carbocycles. The van der Waals surface area contributed by atoms with Crippen LogP contribution in [0.1, 0.15) is 10.4 Å². The lowest BCUT2D eigenvalue weighted by atomic mass is 10.2. The van der Waals surface area contributed by atoms with Gasteiger partial charge < -0.3 is 5.11 Å². The maximum atomic E-state index is 13.6. The van der Waals surface area contributed by atoms with Crippen molar-refractivity contribution in [3.63, 3.8) is 0 Å². The van der Waals surface area contributed by atoms with Crippen LogP contribution in [-0.2, 0) is 23.2 Å². The van der Waals surface area contributed by atoms with Crippen molar-refractivity contribution in [2.45, 2.75) is 18.0 Å². The zero-order valence-corrected chi connectivity index (χ0v) is 14.4. The number of benzene rings is 1. The van der Waals surface area contributed by atoms with Gasteiger partial charge in [0, 0.05) is 26.8 Å². The molecular weight excluding hydrogens is 405 g/mol. The van der Waals surface area contributed by atoms with E-state index >= 15 is 0 Å². The number of halogens is 3. The van der Waals surface area contributed by atoms with Gasteiger partial charge in [0.2, 0.25) is 10.0 Å². The summed E-state index contributed by atoms with van der Waals surface area (Å²) in [5.41, 5.74) is 0.0240. The summed E-state index contributed by atoms with van der Waals surface area (Å²) in [7, 11) is -3.89. The van der Waals surface area contributed by atoms with Crippen LogP contribution in [0.2, 0.25) is 5.02 Å². The van der Waals surface area contributed by atoms with Crippen molar-refractivity contribution in [3.05, 3.63) is 49.3 Å². The molecule has 21 heavy (non-hydrogen) atoms. The Balaban J connectivity index is 2.25. The molecule has 2 N–H and O–H groups in total. The first kappa shape index (κ1) is 16.9. The molecule has 0 fully saturated rings. The molecule has 1 aromatic heterocycles. The van der Waals surface area contributed by atoms with E-state index in [-0.39, 0.29) is 22.0 Å². The van der Waals surface area contributed by atoms with E-state index in [1.54, 1.807) is 6.07 Å². The lowest BCUT2D eigenvalue weighted by molar-refractivity contribution is 0.281. The number of rotatable bonds is 5. The van der Waals surface area contributed by atoms with Crippen molar-refractivity contribution in [1.82, 2.24) is 4.72 Å². The molecule has 0 aliphatic rings. The molecule has 0 unspecified atom stereocenters. The molecule has 0 bridgehead atoms. The van der Waals surface area contributed by atoms with Gasteiger partial charge in [0.15, 0.2) is 0 Å². The minimum absolute atomic E-state index is 0.0240. The number of aliphatic hydroxyl groups is 1. The van der Waals surface area contributed by atoms with E-state index in [1.165, 1.54) is 11.3 Å². The Labute approximate surface area is 138 Å². The fourth-order valence-corrected chi connectivity index (χ4v) is 4.30. The summed E-state index contributed by atoms with van der Waals surface area (Å²) in [4.78, 5) is 0.534. The second-order valence-corrected chi connectivity index (χ2v) is 8.15. The summed E-state index contributed by atoms with van der Waals surface area (Å²) in [5.74, 6) is -0.887. The van der Waals surface area contributed by atoms with Crippen LogP contribution in [-0.4, -0.2) is 13.5 Å². The third-order valence-electron chi connectivity index (χ3n) is 2.62. The van der Waals surface area contributed by atoms with Gasteiger partial charge in [0.25, 0.3) is 0 Å². The molecule has 9 heteroatoms. The van der Waals surface area contributed by atoms with Gasteiger partial charge in [-0.3, -0.25) is 0 Å². The fraction of sp³-hybridized carbons (Fsp3) is 0.167. The molecule has 114 valence electrons. The second-order valence-electron chi connectivity index (χ2n) is 4.09. The number of thiophene rings is 1. The second kappa shape index (κ2) is 6.72. The minimum atomic E-state index is -3.89. The summed E-state index contributed by atoms with van der Waals surface area (Å²) in [6.45, 7) is -0.450. The lowest BCUT2D eigenvalue weighted by Crippen LogP contribution is -2.23. The molecule has 2 aromatic rings. The quantitative estimate of drug-likeness (QED) is 0.789. The first-order valence-corrected chi connectivity index (χ1v) is 9.18. The molecular formula is C12H10BrClFNO3S2. The van der Waals surface area contributed by atoms with Gasteiger partial charge in [0.1, 0.15) is 5.82 Å². The molecule has 0 saturated heterocycles. The summed E-state index contributed by atoms with van der Waals surface area (Å²) < 4.78 is 41.1. The van der Waals surface area contributed by atoms with Gasteiger partial charge in [-0.15, -0.1) is 11.3 Å². The van der Waals surface area contributed by atoms with Crippen molar-refractivity contribution in [2.24, 2.45) is 0 Å². The summed E-state index contributed by atoms with van der Waals surface area (Å²) >= 11 is 10.3. The Morgan fingerprint density at radius 3 is 2.67 bits per heavy atom. The number of hydrogen-bond donors (Lipinski definition) is 2. The van der Waals surface area contributed by atoms with Gasteiger partial charge in [0.05, 0.1) is 16.5 Å². The van der Waals surface area contributed by atoms with Crippen molar-refractivity contribution < 1.29 is 17.9 Å². The Morgan fingerprint density at radius 1 is 1.38 bits per heavy atom. The van der Waals surface area contributed by atoms with Gasteiger partial charge in [-0.05, 0) is 34.1 Å². The zero-order chi connectivity index (χ0) is 15.6. The Morgan fingerprint density at radius 2 is 2.10 bits per heavy atom. The maximum absolute atomic E-state index is 13.6. The molecule has 1 heterocycles. The Kier molecular flexibility index (Phi) is 5.39.